The van der Waals surface area contributed by atoms with E-state index in [1.54, 1.807) is 24.2 Å². The molecule has 6 heterocycles. The fourth-order valence-electron chi connectivity index (χ4n) is 8.98. The zero-order valence-corrected chi connectivity index (χ0v) is 31.1. The topological polar surface area (TPSA) is 70.0 Å². The Labute approximate surface area is 320 Å². The van der Waals surface area contributed by atoms with Crippen LogP contribution < -0.4 is 30.4 Å². The van der Waals surface area contributed by atoms with E-state index in [0.717, 1.165) is 55.5 Å². The SMILES string of the molecule is c1ccc2c(c1)Oc1ccccc1C21c2ccc(-c3cnc4c(n3)Sc3ccccc3[Si]43c4ccccc4Sc4ccccc43)cc2Oc2nccnc21. The van der Waals surface area contributed by atoms with Crippen molar-refractivity contribution in [3.8, 4) is 34.4 Å². The Hall–Kier alpha value is -6.00. The van der Waals surface area contributed by atoms with Gasteiger partial charge in [-0.1, -0.05) is 127 Å². The van der Waals surface area contributed by atoms with E-state index in [1.165, 1.54) is 30.2 Å². The second-order valence-electron chi connectivity index (χ2n) is 13.7. The molecule has 0 aliphatic carbocycles. The maximum atomic E-state index is 6.66. The summed E-state index contributed by atoms with van der Waals surface area (Å²) in [5.41, 5.74) is 4.58. The van der Waals surface area contributed by atoms with Gasteiger partial charge in [0.2, 0.25) is 14.0 Å². The summed E-state index contributed by atoms with van der Waals surface area (Å²) in [6, 6.07) is 49.4. The molecule has 254 valence electrons. The Balaban J connectivity index is 1.07. The Bertz CT molecular complexity index is 2580. The van der Waals surface area contributed by atoms with Crippen LogP contribution in [0.15, 0.2) is 178 Å². The monoisotopic (exact) mass is 746 g/mol. The lowest BCUT2D eigenvalue weighted by molar-refractivity contribution is 0.383. The Kier molecular flexibility index (Phi) is 6.35. The highest BCUT2D eigenvalue weighted by atomic mass is 32.2. The lowest BCUT2D eigenvalue weighted by Crippen LogP contribution is -2.78. The van der Waals surface area contributed by atoms with Crippen LogP contribution in [0.5, 0.6) is 23.1 Å². The Morgan fingerprint density at radius 1 is 0.519 bits per heavy atom. The average Bonchev–Trinajstić information content (AvgIpc) is 3.23. The van der Waals surface area contributed by atoms with Gasteiger partial charge in [0.05, 0.1) is 17.2 Å². The number of fused-ring (bicyclic) bond motifs is 16. The van der Waals surface area contributed by atoms with Crippen LogP contribution in [0.1, 0.15) is 22.4 Å². The first kappa shape index (κ1) is 30.5. The standard InChI is InChI=1S/C45H26N4O2S2Si/c1-3-13-32-28(11-1)45(29-12-2-4-14-33(29)50-32)30-22-21-27(25-34(30)51-42-41(45)46-23-24-47-42)31-26-48-44-43(49-31)53-37-17-7-10-20-40(37)54(44)38-18-8-5-15-35(38)52-36-16-6-9-19-39(36)54/h1-26H. The van der Waals surface area contributed by atoms with Crippen LogP contribution in [0, 0.1) is 0 Å². The molecule has 8 aromatic rings. The number of nitrogens with zero attached hydrogens (tertiary/aromatic N) is 4. The quantitative estimate of drug-likeness (QED) is 0.158. The van der Waals surface area contributed by atoms with Gasteiger partial charge >= 0.3 is 0 Å². The minimum absolute atomic E-state index is 0.470. The summed E-state index contributed by atoms with van der Waals surface area (Å²) < 4.78 is 13.2. The normalized spacial score (nSPS) is 15.5. The first-order chi connectivity index (χ1) is 26.7. The smallest absolute Gasteiger partial charge is 0.242 e. The number of para-hydroxylation sites is 2. The first-order valence-electron chi connectivity index (χ1n) is 17.8. The molecule has 6 nitrogen and oxygen atoms in total. The molecule has 2 spiro atoms. The first-order valence-corrected chi connectivity index (χ1v) is 21.4. The molecule has 4 aliphatic heterocycles. The van der Waals surface area contributed by atoms with E-state index < -0.39 is 13.5 Å². The van der Waals surface area contributed by atoms with E-state index in [-0.39, 0.29) is 0 Å². The average molecular weight is 747 g/mol. The number of hydrogen-bond donors (Lipinski definition) is 0. The molecule has 9 heteroatoms. The third-order valence-electron chi connectivity index (χ3n) is 11.1. The molecule has 0 saturated carbocycles. The summed E-state index contributed by atoms with van der Waals surface area (Å²) in [5, 5.41) is 6.15. The molecule has 0 fully saturated rings. The minimum atomic E-state index is -2.80. The predicted molar refractivity (Wildman–Crippen MR) is 213 cm³/mol. The third-order valence-corrected chi connectivity index (χ3v) is 18.8. The van der Waals surface area contributed by atoms with Crippen LogP contribution in [0.3, 0.4) is 0 Å². The summed E-state index contributed by atoms with van der Waals surface area (Å²) in [6.45, 7) is 0. The van der Waals surface area contributed by atoms with Gasteiger partial charge in [0.25, 0.3) is 0 Å². The Morgan fingerprint density at radius 3 is 1.78 bits per heavy atom. The zero-order chi connectivity index (χ0) is 35.4. The Morgan fingerprint density at radius 2 is 1.09 bits per heavy atom. The lowest BCUT2D eigenvalue weighted by atomic mass is 9.64. The molecule has 2 aromatic heterocycles. The molecule has 0 radical (unpaired) electrons. The largest absolute Gasteiger partial charge is 0.457 e. The second kappa shape index (κ2) is 11.3. The van der Waals surface area contributed by atoms with Crippen molar-refractivity contribution < 1.29 is 9.47 Å². The number of hydrogen-bond acceptors (Lipinski definition) is 8. The van der Waals surface area contributed by atoms with Crippen molar-refractivity contribution >= 4 is 52.5 Å². The van der Waals surface area contributed by atoms with E-state index in [1.807, 2.05) is 54.4 Å². The van der Waals surface area contributed by atoms with E-state index in [4.69, 9.17) is 29.4 Å². The van der Waals surface area contributed by atoms with E-state index in [0.29, 0.717) is 11.6 Å². The minimum Gasteiger partial charge on any atom is -0.457 e. The highest BCUT2D eigenvalue weighted by Crippen LogP contribution is 2.60. The molecule has 0 N–H and O–H groups in total. The van der Waals surface area contributed by atoms with Crippen LogP contribution >= 0.6 is 23.5 Å². The summed E-state index contributed by atoms with van der Waals surface area (Å²) in [6.07, 6.45) is 5.38. The molecule has 0 bridgehead atoms. The van der Waals surface area contributed by atoms with E-state index in [9.17, 15) is 0 Å². The summed E-state index contributed by atoms with van der Waals surface area (Å²) in [5.74, 6) is 2.73. The van der Waals surface area contributed by atoms with Crippen molar-refractivity contribution in [1.29, 1.82) is 0 Å². The highest BCUT2D eigenvalue weighted by molar-refractivity contribution is 8.01. The maximum Gasteiger partial charge on any atom is 0.242 e. The highest BCUT2D eigenvalue weighted by Gasteiger charge is 2.54. The van der Waals surface area contributed by atoms with Crippen molar-refractivity contribution in [2.24, 2.45) is 0 Å². The number of benzene rings is 6. The molecule has 0 saturated heterocycles. The van der Waals surface area contributed by atoms with Crippen LogP contribution in [-0.2, 0) is 5.41 Å². The van der Waals surface area contributed by atoms with Gasteiger partial charge in [-0.25, -0.2) is 9.97 Å². The molecule has 4 aliphatic rings. The zero-order valence-electron chi connectivity index (χ0n) is 28.4. The van der Waals surface area contributed by atoms with Crippen molar-refractivity contribution in [3.63, 3.8) is 0 Å². The fourth-order valence-corrected chi connectivity index (χ4v) is 17.8. The molecule has 12 rings (SSSR count). The van der Waals surface area contributed by atoms with Gasteiger partial charge in [-0.3, -0.25) is 9.97 Å². The van der Waals surface area contributed by atoms with Gasteiger partial charge in [0, 0.05) is 49.3 Å². The van der Waals surface area contributed by atoms with Crippen molar-refractivity contribution in [2.45, 2.75) is 25.1 Å². The number of ether oxygens (including phenoxy) is 2. The van der Waals surface area contributed by atoms with Crippen molar-refractivity contribution in [3.05, 3.63) is 181 Å². The fraction of sp³-hybridized carbons (Fsp3) is 0.0222. The van der Waals surface area contributed by atoms with Gasteiger partial charge in [0.15, 0.2) is 0 Å². The summed E-state index contributed by atoms with van der Waals surface area (Å²) >= 11 is 3.58. The predicted octanol–water partition coefficient (Wildman–Crippen LogP) is 7.83. The third kappa shape index (κ3) is 3.93. The van der Waals surface area contributed by atoms with Gasteiger partial charge < -0.3 is 9.47 Å². The molecule has 54 heavy (non-hydrogen) atoms. The molecule has 0 atom stereocenters. The molecule has 6 aromatic carbocycles. The van der Waals surface area contributed by atoms with Crippen LogP contribution in [0.25, 0.3) is 11.3 Å². The lowest BCUT2D eigenvalue weighted by Gasteiger charge is -2.43. The van der Waals surface area contributed by atoms with Gasteiger partial charge in [-0.15, -0.1) is 0 Å². The molecule has 0 unspecified atom stereocenters. The number of aromatic nitrogens is 4. The van der Waals surface area contributed by atoms with Crippen LogP contribution in [0.2, 0.25) is 0 Å². The summed E-state index contributed by atoms with van der Waals surface area (Å²) in [7, 11) is -2.80. The van der Waals surface area contributed by atoms with E-state index >= 15 is 0 Å². The summed E-state index contributed by atoms with van der Waals surface area (Å²) in [4.78, 5) is 24.4. The molecular formula is C45H26N4O2S2Si. The van der Waals surface area contributed by atoms with Crippen molar-refractivity contribution in [2.75, 3.05) is 0 Å². The van der Waals surface area contributed by atoms with Crippen molar-refractivity contribution in [1.82, 2.24) is 19.9 Å². The van der Waals surface area contributed by atoms with Gasteiger partial charge in [-0.05, 0) is 52.0 Å². The van der Waals surface area contributed by atoms with E-state index in [2.05, 4.69) is 103 Å². The van der Waals surface area contributed by atoms with Gasteiger partial charge in [-0.2, -0.15) is 0 Å². The molecule has 0 amide bonds. The second-order valence-corrected chi connectivity index (χ2v) is 19.4. The van der Waals surface area contributed by atoms with Crippen LogP contribution in [-0.4, -0.2) is 28.0 Å². The number of rotatable bonds is 1. The maximum absolute atomic E-state index is 6.66. The van der Waals surface area contributed by atoms with Gasteiger partial charge in [0.1, 0.15) is 33.4 Å². The van der Waals surface area contributed by atoms with Crippen LogP contribution in [0.4, 0.5) is 0 Å². The molecular weight excluding hydrogens is 721 g/mol.